The van der Waals surface area contributed by atoms with E-state index in [9.17, 15) is 13.6 Å². The molecule has 1 aliphatic heterocycles. The van der Waals surface area contributed by atoms with Gasteiger partial charge in [0, 0.05) is 6.54 Å². The third kappa shape index (κ3) is 3.19. The molecule has 0 spiro atoms. The quantitative estimate of drug-likeness (QED) is 0.574. The fourth-order valence-corrected chi connectivity index (χ4v) is 1.30. The van der Waals surface area contributed by atoms with Crippen LogP contribution in [-0.2, 0) is 4.79 Å². The zero-order valence-electron chi connectivity index (χ0n) is 7.72. The largest absolute Gasteiger partial charge is 0.390 e. The Morgan fingerprint density at radius 2 is 2.36 bits per heavy atom. The normalized spacial score (nSPS) is 22.4. The standard InChI is InChI=1S/C8H14F2N2O2/c9-8(10,5-13)4-12-7(14)6-1-2-11-3-6/h6,11,13H,1-5H2,(H,12,14). The van der Waals surface area contributed by atoms with Crippen LogP contribution in [-0.4, -0.2) is 43.2 Å². The second-order valence-electron chi connectivity index (χ2n) is 3.42. The van der Waals surface area contributed by atoms with Crippen molar-refractivity contribution < 1.29 is 18.7 Å². The third-order valence-electron chi connectivity index (χ3n) is 2.18. The highest BCUT2D eigenvalue weighted by atomic mass is 19.3. The highest BCUT2D eigenvalue weighted by molar-refractivity contribution is 5.79. The number of rotatable bonds is 4. The van der Waals surface area contributed by atoms with Crippen molar-refractivity contribution in [2.45, 2.75) is 12.3 Å². The molecule has 1 unspecified atom stereocenters. The Morgan fingerprint density at radius 3 is 2.86 bits per heavy atom. The molecule has 82 valence electrons. The molecule has 0 radical (unpaired) electrons. The molecule has 6 heteroatoms. The molecule has 14 heavy (non-hydrogen) atoms. The molecule has 0 bridgehead atoms. The van der Waals surface area contributed by atoms with Crippen molar-refractivity contribution in [2.75, 3.05) is 26.2 Å². The zero-order valence-corrected chi connectivity index (χ0v) is 7.72. The van der Waals surface area contributed by atoms with Crippen molar-refractivity contribution in [2.24, 2.45) is 5.92 Å². The van der Waals surface area contributed by atoms with E-state index < -0.39 is 19.1 Å². The van der Waals surface area contributed by atoms with E-state index in [2.05, 4.69) is 10.6 Å². The molecule has 1 atom stereocenters. The summed E-state index contributed by atoms with van der Waals surface area (Å²) in [5, 5.41) is 13.4. The predicted octanol–water partition coefficient (Wildman–Crippen LogP) is -0.660. The van der Waals surface area contributed by atoms with Crippen LogP contribution in [0.15, 0.2) is 0 Å². The minimum Gasteiger partial charge on any atom is -0.390 e. The lowest BCUT2D eigenvalue weighted by Gasteiger charge is -2.15. The van der Waals surface area contributed by atoms with Crippen LogP contribution in [0.1, 0.15) is 6.42 Å². The van der Waals surface area contributed by atoms with Crippen molar-refractivity contribution >= 4 is 5.91 Å². The van der Waals surface area contributed by atoms with E-state index in [4.69, 9.17) is 5.11 Å². The molecule has 1 heterocycles. The number of hydrogen-bond acceptors (Lipinski definition) is 3. The Morgan fingerprint density at radius 1 is 1.64 bits per heavy atom. The van der Waals surface area contributed by atoms with E-state index in [1.165, 1.54) is 0 Å². The van der Waals surface area contributed by atoms with Gasteiger partial charge in [-0.15, -0.1) is 0 Å². The van der Waals surface area contributed by atoms with Crippen LogP contribution in [0.4, 0.5) is 8.78 Å². The van der Waals surface area contributed by atoms with Gasteiger partial charge in [0.05, 0.1) is 12.5 Å². The van der Waals surface area contributed by atoms with Crippen molar-refractivity contribution in [3.63, 3.8) is 0 Å². The molecule has 0 aliphatic carbocycles. The maximum atomic E-state index is 12.5. The molecule has 1 fully saturated rings. The minimum absolute atomic E-state index is 0.218. The van der Waals surface area contributed by atoms with E-state index in [0.717, 1.165) is 6.54 Å². The number of amides is 1. The maximum absolute atomic E-state index is 12.5. The number of halogens is 2. The molecular formula is C8H14F2N2O2. The fraction of sp³-hybridized carbons (Fsp3) is 0.875. The highest BCUT2D eigenvalue weighted by Gasteiger charge is 2.30. The van der Waals surface area contributed by atoms with E-state index in [1.807, 2.05) is 0 Å². The van der Waals surface area contributed by atoms with Gasteiger partial charge in [0.2, 0.25) is 5.91 Å². The monoisotopic (exact) mass is 208 g/mol. The summed E-state index contributed by atoms with van der Waals surface area (Å²) in [6, 6.07) is 0. The molecule has 1 amide bonds. The Bertz CT molecular complexity index is 206. The summed E-state index contributed by atoms with van der Waals surface area (Å²) in [7, 11) is 0. The second kappa shape index (κ2) is 4.65. The number of hydrogen-bond donors (Lipinski definition) is 3. The minimum atomic E-state index is -3.22. The first kappa shape index (κ1) is 11.3. The van der Waals surface area contributed by atoms with Crippen molar-refractivity contribution in [1.82, 2.24) is 10.6 Å². The van der Waals surface area contributed by atoms with Gasteiger partial charge >= 0.3 is 0 Å². The number of carbonyl (C=O) groups is 1. The Kier molecular flexibility index (Phi) is 3.77. The topological polar surface area (TPSA) is 61.4 Å². The van der Waals surface area contributed by atoms with E-state index in [0.29, 0.717) is 13.0 Å². The SMILES string of the molecule is O=C(NCC(F)(F)CO)C1CCNC1. The van der Waals surface area contributed by atoms with Crippen LogP contribution >= 0.6 is 0 Å². The summed E-state index contributed by atoms with van der Waals surface area (Å²) in [6.07, 6.45) is 0.677. The molecule has 0 aromatic rings. The van der Waals surface area contributed by atoms with Crippen LogP contribution in [0.3, 0.4) is 0 Å². The number of alkyl halides is 2. The average molecular weight is 208 g/mol. The number of carbonyl (C=O) groups excluding carboxylic acids is 1. The third-order valence-corrected chi connectivity index (χ3v) is 2.18. The van der Waals surface area contributed by atoms with Crippen LogP contribution in [0.2, 0.25) is 0 Å². The highest BCUT2D eigenvalue weighted by Crippen LogP contribution is 2.11. The van der Waals surface area contributed by atoms with Crippen molar-refractivity contribution in [3.8, 4) is 0 Å². The van der Waals surface area contributed by atoms with Gasteiger partial charge in [-0.2, -0.15) is 0 Å². The second-order valence-corrected chi connectivity index (χ2v) is 3.42. The molecule has 1 aliphatic rings. The lowest BCUT2D eigenvalue weighted by Crippen LogP contribution is -2.41. The van der Waals surface area contributed by atoms with Crippen LogP contribution in [0, 0.1) is 5.92 Å². The lowest BCUT2D eigenvalue weighted by molar-refractivity contribution is -0.127. The summed E-state index contributed by atoms with van der Waals surface area (Å²) in [6.45, 7) is -0.750. The first-order valence-corrected chi connectivity index (χ1v) is 4.52. The van der Waals surface area contributed by atoms with Gasteiger partial charge in [0.1, 0.15) is 6.61 Å². The van der Waals surface area contributed by atoms with Crippen molar-refractivity contribution in [1.29, 1.82) is 0 Å². The number of aliphatic hydroxyl groups is 1. The van der Waals surface area contributed by atoms with Crippen molar-refractivity contribution in [3.05, 3.63) is 0 Å². The first-order valence-electron chi connectivity index (χ1n) is 4.52. The number of aliphatic hydroxyl groups excluding tert-OH is 1. The number of nitrogens with one attached hydrogen (secondary N) is 2. The molecule has 0 aromatic heterocycles. The Labute approximate surface area is 80.7 Å². The molecule has 3 N–H and O–H groups in total. The summed E-state index contributed by atoms with van der Waals surface area (Å²) in [5.41, 5.74) is 0. The smallest absolute Gasteiger partial charge is 0.287 e. The lowest BCUT2D eigenvalue weighted by atomic mass is 10.1. The Balaban J connectivity index is 2.27. The summed E-state index contributed by atoms with van der Waals surface area (Å²) in [5.74, 6) is -3.81. The molecular weight excluding hydrogens is 194 g/mol. The van der Waals surface area contributed by atoms with Crippen LogP contribution in [0.5, 0.6) is 0 Å². The molecule has 0 aromatic carbocycles. The summed E-state index contributed by atoms with van der Waals surface area (Å²) in [4.78, 5) is 11.2. The molecule has 4 nitrogen and oxygen atoms in total. The molecule has 0 saturated carbocycles. The van der Waals surface area contributed by atoms with Gasteiger partial charge in [0.25, 0.3) is 5.92 Å². The van der Waals surface area contributed by atoms with E-state index in [1.54, 1.807) is 0 Å². The van der Waals surface area contributed by atoms with Gasteiger partial charge in [-0.1, -0.05) is 0 Å². The zero-order chi connectivity index (χ0) is 10.6. The predicted molar refractivity (Wildman–Crippen MR) is 46.0 cm³/mol. The molecule has 1 rings (SSSR count). The van der Waals surface area contributed by atoms with Gasteiger partial charge in [-0.25, -0.2) is 8.78 Å². The Hall–Kier alpha value is -0.750. The fourth-order valence-electron chi connectivity index (χ4n) is 1.30. The summed E-state index contributed by atoms with van der Waals surface area (Å²) >= 11 is 0. The van der Waals surface area contributed by atoms with Gasteiger partial charge in [-0.3, -0.25) is 4.79 Å². The first-order chi connectivity index (χ1) is 6.55. The maximum Gasteiger partial charge on any atom is 0.287 e. The van der Waals surface area contributed by atoms with E-state index in [-0.39, 0.29) is 11.8 Å². The summed E-state index contributed by atoms with van der Waals surface area (Å²) < 4.78 is 25.0. The molecule has 1 saturated heterocycles. The van der Waals surface area contributed by atoms with E-state index >= 15 is 0 Å². The van der Waals surface area contributed by atoms with Gasteiger partial charge in [0.15, 0.2) is 0 Å². The van der Waals surface area contributed by atoms with Crippen LogP contribution < -0.4 is 10.6 Å². The average Bonchev–Trinajstić information content (AvgIpc) is 2.67. The van der Waals surface area contributed by atoms with Gasteiger partial charge < -0.3 is 15.7 Å². The van der Waals surface area contributed by atoms with Crippen LogP contribution in [0.25, 0.3) is 0 Å². The van der Waals surface area contributed by atoms with Gasteiger partial charge in [-0.05, 0) is 13.0 Å².